The number of nitrogens with one attached hydrogen (secondary N) is 1. The second-order valence-electron chi connectivity index (χ2n) is 2.65. The number of hydrogen-bond donors (Lipinski definition) is 1. The minimum atomic E-state index is -0.983. The fourth-order valence-electron chi connectivity index (χ4n) is 0.603. The Labute approximate surface area is 66.0 Å². The van der Waals surface area contributed by atoms with Gasteiger partial charge in [-0.3, -0.25) is 10.2 Å². The Kier molecular flexibility index (Phi) is 3.04. The van der Waals surface area contributed by atoms with Gasteiger partial charge in [0.1, 0.15) is 5.41 Å². The molecule has 1 N–H and O–H groups in total. The summed E-state index contributed by atoms with van der Waals surface area (Å²) in [6.07, 6.45) is 0. The first-order valence-corrected chi connectivity index (χ1v) is 3.18. The molecule has 0 bridgehead atoms. The van der Waals surface area contributed by atoms with Crippen LogP contribution in [0.1, 0.15) is 13.8 Å². The molecule has 0 radical (unpaired) electrons. The fourth-order valence-corrected chi connectivity index (χ4v) is 0.603. The molecule has 0 aromatic carbocycles. The average molecular weight is 159 g/mol. The molecule has 0 aliphatic carbocycles. The van der Waals surface area contributed by atoms with E-state index in [2.05, 4.69) is 9.47 Å². The van der Waals surface area contributed by atoms with Gasteiger partial charge >= 0.3 is 5.97 Å². The van der Waals surface area contributed by atoms with E-state index in [1.165, 1.54) is 14.2 Å². The fraction of sp³-hybridized carbons (Fsp3) is 0.714. The van der Waals surface area contributed by atoms with Gasteiger partial charge in [-0.25, -0.2) is 0 Å². The molecular weight excluding hydrogens is 146 g/mol. The van der Waals surface area contributed by atoms with E-state index < -0.39 is 11.4 Å². The summed E-state index contributed by atoms with van der Waals surface area (Å²) in [5.41, 5.74) is -0.983. The van der Waals surface area contributed by atoms with Gasteiger partial charge in [-0.15, -0.1) is 0 Å². The van der Waals surface area contributed by atoms with Gasteiger partial charge in [0.05, 0.1) is 14.2 Å². The molecule has 0 amide bonds. The first kappa shape index (κ1) is 9.94. The Balaban J connectivity index is 4.44. The maximum Gasteiger partial charge on any atom is 0.320 e. The van der Waals surface area contributed by atoms with Gasteiger partial charge in [-0.05, 0) is 13.8 Å². The van der Waals surface area contributed by atoms with Crippen molar-refractivity contribution in [1.29, 1.82) is 5.41 Å². The normalized spacial score (nSPS) is 10.5. The van der Waals surface area contributed by atoms with Gasteiger partial charge in [0.2, 0.25) is 0 Å². The summed E-state index contributed by atoms with van der Waals surface area (Å²) in [7, 11) is 2.64. The van der Waals surface area contributed by atoms with E-state index in [9.17, 15) is 4.79 Å². The Morgan fingerprint density at radius 2 is 1.73 bits per heavy atom. The lowest BCUT2D eigenvalue weighted by atomic mass is 9.94. The van der Waals surface area contributed by atoms with Crippen molar-refractivity contribution in [3.63, 3.8) is 0 Å². The smallest absolute Gasteiger partial charge is 0.320 e. The summed E-state index contributed by atoms with van der Waals surface area (Å²) in [6, 6.07) is 0. The predicted molar refractivity (Wildman–Crippen MR) is 40.5 cm³/mol. The van der Waals surface area contributed by atoms with Crippen molar-refractivity contribution >= 4 is 11.9 Å². The lowest BCUT2D eigenvalue weighted by Crippen LogP contribution is -2.34. The molecule has 0 rings (SSSR count). The number of methoxy groups -OCH3 is 2. The van der Waals surface area contributed by atoms with Gasteiger partial charge in [0.25, 0.3) is 0 Å². The molecule has 0 aromatic rings. The third-order valence-corrected chi connectivity index (χ3v) is 1.47. The molecule has 0 unspecified atom stereocenters. The molecule has 0 saturated carbocycles. The zero-order valence-electron chi connectivity index (χ0n) is 7.22. The van der Waals surface area contributed by atoms with Crippen LogP contribution in [0.4, 0.5) is 0 Å². The maximum absolute atomic E-state index is 11.0. The van der Waals surface area contributed by atoms with E-state index in [0.717, 1.165) is 0 Å². The lowest BCUT2D eigenvalue weighted by Gasteiger charge is -2.20. The van der Waals surface area contributed by atoms with E-state index in [0.29, 0.717) is 0 Å². The highest BCUT2D eigenvalue weighted by Crippen LogP contribution is 2.18. The lowest BCUT2D eigenvalue weighted by molar-refractivity contribution is -0.147. The van der Waals surface area contributed by atoms with Crippen molar-refractivity contribution < 1.29 is 14.3 Å². The molecule has 0 spiro atoms. The first-order chi connectivity index (χ1) is 4.96. The van der Waals surface area contributed by atoms with Gasteiger partial charge in [0, 0.05) is 0 Å². The van der Waals surface area contributed by atoms with Crippen molar-refractivity contribution in [1.82, 2.24) is 0 Å². The highest BCUT2D eigenvalue weighted by molar-refractivity contribution is 6.00. The highest BCUT2D eigenvalue weighted by atomic mass is 16.5. The first-order valence-electron chi connectivity index (χ1n) is 3.18. The van der Waals surface area contributed by atoms with Crippen LogP contribution in [0.5, 0.6) is 0 Å². The Hall–Kier alpha value is -1.06. The molecule has 64 valence electrons. The number of carbonyl (C=O) groups is 1. The van der Waals surface area contributed by atoms with Crippen LogP contribution in [0.2, 0.25) is 0 Å². The summed E-state index contributed by atoms with van der Waals surface area (Å²) in [4.78, 5) is 11.0. The molecule has 0 aliphatic rings. The van der Waals surface area contributed by atoms with Crippen molar-refractivity contribution in [2.24, 2.45) is 5.41 Å². The van der Waals surface area contributed by atoms with Crippen LogP contribution in [0.3, 0.4) is 0 Å². The number of esters is 1. The second-order valence-corrected chi connectivity index (χ2v) is 2.65. The van der Waals surface area contributed by atoms with E-state index in [1.807, 2.05) is 0 Å². The Bertz CT molecular complexity index is 157. The number of ether oxygens (including phenoxy) is 2. The summed E-state index contributed by atoms with van der Waals surface area (Å²) in [5.74, 6) is -0.561. The molecule has 0 saturated heterocycles. The van der Waals surface area contributed by atoms with Gasteiger partial charge in [-0.2, -0.15) is 0 Å². The van der Waals surface area contributed by atoms with Crippen molar-refractivity contribution in [3.8, 4) is 0 Å². The zero-order chi connectivity index (χ0) is 9.07. The van der Waals surface area contributed by atoms with Crippen LogP contribution < -0.4 is 0 Å². The number of carbonyl (C=O) groups excluding carboxylic acids is 1. The SMILES string of the molecule is COC(=N)C(C)(C)C(=O)OC. The Morgan fingerprint density at radius 3 is 2.00 bits per heavy atom. The number of hydrogen-bond acceptors (Lipinski definition) is 4. The van der Waals surface area contributed by atoms with Crippen LogP contribution in [-0.2, 0) is 14.3 Å². The number of rotatable bonds is 2. The summed E-state index contributed by atoms with van der Waals surface area (Å²) in [6.45, 7) is 3.15. The topological polar surface area (TPSA) is 59.4 Å². The molecule has 4 nitrogen and oxygen atoms in total. The average Bonchev–Trinajstić information content (AvgIpc) is 2.01. The predicted octanol–water partition coefficient (Wildman–Crippen LogP) is 0.809. The summed E-state index contributed by atoms with van der Waals surface area (Å²) >= 11 is 0. The third-order valence-electron chi connectivity index (χ3n) is 1.47. The van der Waals surface area contributed by atoms with E-state index in [1.54, 1.807) is 13.8 Å². The summed E-state index contributed by atoms with van der Waals surface area (Å²) in [5, 5.41) is 7.25. The Morgan fingerprint density at radius 1 is 1.27 bits per heavy atom. The molecular formula is C7H13NO3. The van der Waals surface area contributed by atoms with Gasteiger partial charge in [-0.1, -0.05) is 0 Å². The molecule has 0 heterocycles. The van der Waals surface area contributed by atoms with Crippen LogP contribution in [0.15, 0.2) is 0 Å². The van der Waals surface area contributed by atoms with E-state index in [4.69, 9.17) is 5.41 Å². The summed E-state index contributed by atoms with van der Waals surface area (Å²) < 4.78 is 9.10. The second kappa shape index (κ2) is 3.37. The monoisotopic (exact) mass is 159 g/mol. The van der Waals surface area contributed by atoms with Crippen LogP contribution in [0, 0.1) is 10.8 Å². The largest absolute Gasteiger partial charge is 0.484 e. The molecule has 0 atom stereocenters. The van der Waals surface area contributed by atoms with Gasteiger partial charge in [0.15, 0.2) is 5.90 Å². The highest BCUT2D eigenvalue weighted by Gasteiger charge is 2.35. The molecule has 4 heteroatoms. The van der Waals surface area contributed by atoms with Crippen LogP contribution >= 0.6 is 0 Å². The quantitative estimate of drug-likeness (QED) is 0.368. The zero-order valence-corrected chi connectivity index (χ0v) is 7.22. The van der Waals surface area contributed by atoms with Gasteiger partial charge < -0.3 is 9.47 Å². The maximum atomic E-state index is 11.0. The van der Waals surface area contributed by atoms with Crippen molar-refractivity contribution in [2.45, 2.75) is 13.8 Å². The van der Waals surface area contributed by atoms with Crippen LogP contribution in [-0.4, -0.2) is 26.1 Å². The van der Waals surface area contributed by atoms with E-state index >= 15 is 0 Å². The third kappa shape index (κ3) is 1.93. The standard InChI is InChI=1S/C7H13NO3/c1-7(2,5(8)10-3)6(9)11-4/h8H,1-4H3. The molecule has 0 aliphatic heterocycles. The van der Waals surface area contributed by atoms with Crippen molar-refractivity contribution in [2.75, 3.05) is 14.2 Å². The minimum Gasteiger partial charge on any atom is -0.484 e. The minimum absolute atomic E-state index is 0.0932. The molecule has 11 heavy (non-hydrogen) atoms. The van der Waals surface area contributed by atoms with Crippen molar-refractivity contribution in [3.05, 3.63) is 0 Å². The molecule has 0 aromatic heterocycles. The van der Waals surface area contributed by atoms with E-state index in [-0.39, 0.29) is 5.90 Å². The molecule has 0 fully saturated rings. The van der Waals surface area contributed by atoms with Crippen LogP contribution in [0.25, 0.3) is 0 Å².